The molecule has 88 valence electrons. The second-order valence-corrected chi connectivity index (χ2v) is 7.33. The van der Waals surface area contributed by atoms with E-state index >= 15 is 0 Å². The average Bonchev–Trinajstić information content (AvgIpc) is 2.26. The molecule has 0 aliphatic rings. The fourth-order valence-corrected chi connectivity index (χ4v) is 2.99. The molecule has 0 amide bonds. The van der Waals surface area contributed by atoms with Gasteiger partial charge in [0, 0.05) is 0 Å². The SMILES string of the molecule is C=C[SiH](C)C(Cl)c1ccccc1C(F)(F)F. The molecule has 1 aromatic rings. The molecule has 5 heteroatoms. The first-order valence-corrected chi connectivity index (χ1v) is 7.73. The number of alkyl halides is 4. The highest BCUT2D eigenvalue weighted by Gasteiger charge is 2.35. The van der Waals surface area contributed by atoms with Crippen molar-refractivity contribution < 1.29 is 13.2 Å². The number of hydrogen-bond acceptors (Lipinski definition) is 0. The Balaban J connectivity index is 3.18. The van der Waals surface area contributed by atoms with Crippen molar-refractivity contribution in [3.63, 3.8) is 0 Å². The zero-order valence-corrected chi connectivity index (χ0v) is 10.7. The molecular weight excluding hydrogens is 253 g/mol. The Morgan fingerprint density at radius 2 is 1.94 bits per heavy atom. The monoisotopic (exact) mass is 264 g/mol. The van der Waals surface area contributed by atoms with Gasteiger partial charge in [-0.15, -0.1) is 23.9 Å². The molecule has 2 unspecified atom stereocenters. The van der Waals surface area contributed by atoms with E-state index in [2.05, 4.69) is 6.58 Å². The molecule has 0 aromatic heterocycles. The van der Waals surface area contributed by atoms with E-state index in [0.717, 1.165) is 6.07 Å². The molecule has 0 radical (unpaired) electrons. The van der Waals surface area contributed by atoms with Crippen LogP contribution in [0, 0.1) is 0 Å². The molecule has 0 aliphatic carbocycles. The highest BCUT2D eigenvalue weighted by Crippen LogP contribution is 2.37. The largest absolute Gasteiger partial charge is 0.416 e. The molecule has 1 aromatic carbocycles. The fraction of sp³-hybridized carbons (Fsp3) is 0.273. The Bertz CT molecular complexity index is 376. The van der Waals surface area contributed by atoms with Crippen LogP contribution in [0.3, 0.4) is 0 Å². The summed E-state index contributed by atoms with van der Waals surface area (Å²) in [6, 6.07) is 5.45. The molecule has 0 bridgehead atoms. The van der Waals surface area contributed by atoms with E-state index in [-0.39, 0.29) is 5.56 Å². The summed E-state index contributed by atoms with van der Waals surface area (Å²) in [5, 5.41) is -0.574. The molecule has 0 saturated heterocycles. The Hall–Kier alpha value is -0.743. The number of rotatable bonds is 3. The third kappa shape index (κ3) is 2.89. The second-order valence-electron chi connectivity index (χ2n) is 3.58. The van der Waals surface area contributed by atoms with E-state index in [1.165, 1.54) is 12.1 Å². The first-order valence-electron chi connectivity index (χ1n) is 4.80. The van der Waals surface area contributed by atoms with E-state index < -0.39 is 25.5 Å². The standard InChI is InChI=1S/C11H12ClF3Si/c1-3-16(2)10(12)8-6-4-5-7-9(8)11(13,14)15/h3-7,10,16H,1H2,2H3. The molecule has 0 aliphatic heterocycles. The smallest absolute Gasteiger partial charge is 0.166 e. The van der Waals surface area contributed by atoms with Gasteiger partial charge in [-0.2, -0.15) is 13.2 Å². The molecular formula is C11H12ClF3Si. The van der Waals surface area contributed by atoms with Gasteiger partial charge in [0.1, 0.15) is 0 Å². The van der Waals surface area contributed by atoms with Crippen LogP contribution in [0.5, 0.6) is 0 Å². The summed E-state index contributed by atoms with van der Waals surface area (Å²) in [7, 11) is -1.57. The van der Waals surface area contributed by atoms with Gasteiger partial charge in [-0.1, -0.05) is 24.7 Å². The van der Waals surface area contributed by atoms with Crippen LogP contribution in [0.15, 0.2) is 36.5 Å². The van der Waals surface area contributed by atoms with Gasteiger partial charge in [-0.05, 0) is 11.6 Å². The number of hydrogen-bond donors (Lipinski definition) is 0. The number of benzene rings is 1. The second kappa shape index (κ2) is 5.06. The van der Waals surface area contributed by atoms with Gasteiger partial charge in [0.05, 0.1) is 19.4 Å². The predicted molar refractivity (Wildman–Crippen MR) is 63.2 cm³/mol. The van der Waals surface area contributed by atoms with Crippen molar-refractivity contribution in [3.05, 3.63) is 47.7 Å². The Labute approximate surface area is 99.3 Å². The van der Waals surface area contributed by atoms with Crippen molar-refractivity contribution in [2.45, 2.75) is 17.7 Å². The third-order valence-corrected chi connectivity index (χ3v) is 5.85. The molecule has 0 heterocycles. The van der Waals surface area contributed by atoms with Crippen LogP contribution in [0.1, 0.15) is 16.1 Å². The lowest BCUT2D eigenvalue weighted by Crippen LogP contribution is -2.17. The summed E-state index contributed by atoms with van der Waals surface area (Å²) in [6.07, 6.45) is -4.35. The van der Waals surface area contributed by atoms with Crippen molar-refractivity contribution in [1.29, 1.82) is 0 Å². The molecule has 0 fully saturated rings. The van der Waals surface area contributed by atoms with Crippen LogP contribution in [0.2, 0.25) is 6.55 Å². The van der Waals surface area contributed by atoms with Crippen molar-refractivity contribution in [3.8, 4) is 0 Å². The van der Waals surface area contributed by atoms with Gasteiger partial charge in [0.15, 0.2) is 0 Å². The summed E-state index contributed by atoms with van der Waals surface area (Å²) in [5.74, 6) is 0. The van der Waals surface area contributed by atoms with Crippen molar-refractivity contribution in [2.75, 3.05) is 0 Å². The summed E-state index contributed by atoms with van der Waals surface area (Å²) in [5.41, 5.74) is 1.21. The van der Waals surface area contributed by atoms with Crippen molar-refractivity contribution in [1.82, 2.24) is 0 Å². The minimum absolute atomic E-state index is 0.163. The van der Waals surface area contributed by atoms with Gasteiger partial charge in [0.2, 0.25) is 0 Å². The van der Waals surface area contributed by atoms with Crippen molar-refractivity contribution in [2.24, 2.45) is 0 Å². The van der Waals surface area contributed by atoms with Crippen LogP contribution in [0.4, 0.5) is 13.2 Å². The minimum atomic E-state index is -4.35. The van der Waals surface area contributed by atoms with E-state index in [9.17, 15) is 13.2 Å². The normalized spacial score (nSPS) is 15.6. The van der Waals surface area contributed by atoms with Gasteiger partial charge < -0.3 is 0 Å². The average molecular weight is 265 g/mol. The quantitative estimate of drug-likeness (QED) is 0.569. The van der Waals surface area contributed by atoms with Gasteiger partial charge >= 0.3 is 6.18 Å². The van der Waals surface area contributed by atoms with Crippen LogP contribution < -0.4 is 0 Å². The van der Waals surface area contributed by atoms with E-state index in [4.69, 9.17) is 11.6 Å². The molecule has 16 heavy (non-hydrogen) atoms. The maximum atomic E-state index is 12.7. The van der Waals surface area contributed by atoms with Crippen LogP contribution in [0.25, 0.3) is 0 Å². The lowest BCUT2D eigenvalue weighted by molar-refractivity contribution is -0.138. The lowest BCUT2D eigenvalue weighted by Gasteiger charge is -2.18. The summed E-state index contributed by atoms with van der Waals surface area (Å²) < 4.78 is 38.1. The molecule has 1 rings (SSSR count). The Morgan fingerprint density at radius 1 is 1.38 bits per heavy atom. The van der Waals surface area contributed by atoms with Crippen LogP contribution >= 0.6 is 11.6 Å². The maximum Gasteiger partial charge on any atom is 0.416 e. The zero-order chi connectivity index (χ0) is 12.3. The predicted octanol–water partition coefficient (Wildman–Crippen LogP) is 4.11. The first kappa shape index (κ1) is 13.3. The van der Waals surface area contributed by atoms with E-state index in [1.54, 1.807) is 11.8 Å². The molecule has 0 N–H and O–H groups in total. The highest BCUT2D eigenvalue weighted by molar-refractivity contribution is 6.72. The van der Waals surface area contributed by atoms with Gasteiger partial charge in [-0.3, -0.25) is 0 Å². The molecule has 0 nitrogen and oxygen atoms in total. The summed E-state index contributed by atoms with van der Waals surface area (Å²) >= 11 is 6.06. The molecule has 2 atom stereocenters. The summed E-state index contributed by atoms with van der Waals surface area (Å²) in [4.78, 5) is 0. The van der Waals surface area contributed by atoms with Crippen molar-refractivity contribution >= 4 is 20.4 Å². The Morgan fingerprint density at radius 3 is 2.44 bits per heavy atom. The zero-order valence-electron chi connectivity index (χ0n) is 8.76. The Kier molecular flexibility index (Phi) is 4.21. The first-order chi connectivity index (χ1) is 7.38. The summed E-state index contributed by atoms with van der Waals surface area (Å²) in [6.45, 7) is 5.47. The topological polar surface area (TPSA) is 0 Å². The molecule has 0 saturated carbocycles. The third-order valence-electron chi connectivity index (χ3n) is 2.40. The number of halogens is 4. The van der Waals surface area contributed by atoms with Gasteiger partial charge in [0.25, 0.3) is 0 Å². The fourth-order valence-electron chi connectivity index (χ4n) is 1.40. The highest BCUT2D eigenvalue weighted by atomic mass is 35.5. The van der Waals surface area contributed by atoms with E-state index in [0.29, 0.717) is 0 Å². The lowest BCUT2D eigenvalue weighted by atomic mass is 10.1. The molecule has 0 spiro atoms. The van der Waals surface area contributed by atoms with Crippen LogP contribution in [-0.4, -0.2) is 8.80 Å². The minimum Gasteiger partial charge on any atom is -0.166 e. The van der Waals surface area contributed by atoms with Crippen LogP contribution in [-0.2, 0) is 6.18 Å². The van der Waals surface area contributed by atoms with E-state index in [1.807, 2.05) is 6.55 Å². The maximum absolute atomic E-state index is 12.7. The van der Waals surface area contributed by atoms with Gasteiger partial charge in [-0.25, -0.2) is 0 Å².